The number of fused-ring (bicyclic) bond motifs is 1. The topological polar surface area (TPSA) is 52.2 Å². The molecule has 2 aromatic carbocycles. The lowest BCUT2D eigenvalue weighted by Crippen LogP contribution is -2.14. The van der Waals surface area contributed by atoms with Gasteiger partial charge in [0.15, 0.2) is 5.16 Å². The first kappa shape index (κ1) is 19.3. The van der Waals surface area contributed by atoms with Crippen molar-refractivity contribution in [1.29, 1.82) is 0 Å². The zero-order valence-corrected chi connectivity index (χ0v) is 17.8. The fourth-order valence-electron chi connectivity index (χ4n) is 3.51. The zero-order chi connectivity index (χ0) is 21.2. The number of imidazole rings is 1. The molecule has 5 rings (SSSR count). The molecule has 0 aliphatic heterocycles. The summed E-state index contributed by atoms with van der Waals surface area (Å²) in [5.41, 5.74) is 5.71. The normalized spacial score (nSPS) is 11.1. The Labute approximate surface area is 184 Å². The summed E-state index contributed by atoms with van der Waals surface area (Å²) in [5, 5.41) is 0.858. The molecule has 5 aromatic rings. The molecule has 152 valence electrons. The summed E-state index contributed by atoms with van der Waals surface area (Å²) in [6, 6.07) is 25.8. The summed E-state index contributed by atoms with van der Waals surface area (Å²) >= 11 is 1.57. The average molecular weight is 425 g/mol. The van der Waals surface area contributed by atoms with Crippen LogP contribution in [0.1, 0.15) is 11.3 Å². The van der Waals surface area contributed by atoms with E-state index in [0.717, 1.165) is 27.8 Å². The van der Waals surface area contributed by atoms with Gasteiger partial charge in [-0.3, -0.25) is 13.8 Å². The van der Waals surface area contributed by atoms with E-state index >= 15 is 0 Å². The summed E-state index contributed by atoms with van der Waals surface area (Å²) in [7, 11) is 0. The number of hydrogen-bond donors (Lipinski definition) is 0. The van der Waals surface area contributed by atoms with Crippen molar-refractivity contribution in [3.63, 3.8) is 0 Å². The van der Waals surface area contributed by atoms with Crippen molar-refractivity contribution < 1.29 is 0 Å². The highest BCUT2D eigenvalue weighted by Gasteiger charge is 2.15. The van der Waals surface area contributed by atoms with Crippen LogP contribution in [0.15, 0.2) is 101 Å². The van der Waals surface area contributed by atoms with Crippen molar-refractivity contribution in [2.24, 2.45) is 0 Å². The minimum Gasteiger partial charge on any atom is -0.287 e. The summed E-state index contributed by atoms with van der Waals surface area (Å²) in [5.74, 6) is 0.553. The summed E-state index contributed by atoms with van der Waals surface area (Å²) < 4.78 is 3.71. The Kier molecular flexibility index (Phi) is 5.14. The Bertz CT molecular complexity index is 1410. The molecule has 0 aliphatic carbocycles. The lowest BCUT2D eigenvalue weighted by molar-refractivity contribution is 0.898. The van der Waals surface area contributed by atoms with Gasteiger partial charge in [-0.05, 0) is 31.2 Å². The molecular weight excluding hydrogens is 404 g/mol. The third-order valence-electron chi connectivity index (χ3n) is 5.06. The van der Waals surface area contributed by atoms with Crippen LogP contribution in [0.4, 0.5) is 0 Å². The molecule has 5 nitrogen and oxygen atoms in total. The fraction of sp³-hybridized carbons (Fsp3) is 0.0800. The predicted octanol–water partition coefficient (Wildman–Crippen LogP) is 5.15. The first-order chi connectivity index (χ1) is 15.2. The minimum atomic E-state index is -0.0760. The number of rotatable bonds is 5. The van der Waals surface area contributed by atoms with Crippen molar-refractivity contribution in [3.8, 4) is 16.9 Å². The smallest absolute Gasteiger partial charge is 0.258 e. The number of benzene rings is 2. The van der Waals surface area contributed by atoms with Crippen molar-refractivity contribution in [2.75, 3.05) is 0 Å². The van der Waals surface area contributed by atoms with Gasteiger partial charge in [0.2, 0.25) is 0 Å². The Morgan fingerprint density at radius 3 is 2.52 bits per heavy atom. The molecule has 3 aromatic heterocycles. The quantitative estimate of drug-likeness (QED) is 0.366. The Hall–Kier alpha value is -3.64. The van der Waals surface area contributed by atoms with Gasteiger partial charge in [-0.1, -0.05) is 65.9 Å². The Balaban J connectivity index is 1.52. The number of hydrogen-bond acceptors (Lipinski definition) is 4. The van der Waals surface area contributed by atoms with Gasteiger partial charge in [-0.15, -0.1) is 0 Å². The lowest BCUT2D eigenvalue weighted by atomic mass is 10.1. The summed E-state index contributed by atoms with van der Waals surface area (Å²) in [6.45, 7) is 2.08. The standard InChI is InChI=1S/C25H20N4OS/c1-18-10-12-19(13-11-18)22-16-26-25(29(22)21-7-3-2-4-8-21)31-17-20-15-24(30)28-14-6-5-9-23(28)27-20/h2-16H,17H2,1H3. The van der Waals surface area contributed by atoms with Gasteiger partial charge in [-0.2, -0.15) is 0 Å². The molecule has 0 spiro atoms. The predicted molar refractivity (Wildman–Crippen MR) is 125 cm³/mol. The van der Waals surface area contributed by atoms with Gasteiger partial charge in [0, 0.05) is 29.3 Å². The van der Waals surface area contributed by atoms with E-state index in [1.54, 1.807) is 28.4 Å². The van der Waals surface area contributed by atoms with Crippen molar-refractivity contribution >= 4 is 17.4 Å². The van der Waals surface area contributed by atoms with Gasteiger partial charge >= 0.3 is 0 Å². The largest absolute Gasteiger partial charge is 0.287 e. The number of thioether (sulfide) groups is 1. The van der Waals surface area contributed by atoms with Crippen LogP contribution in [-0.2, 0) is 5.75 Å². The fourth-order valence-corrected chi connectivity index (χ4v) is 4.39. The molecule has 6 heteroatoms. The molecule has 0 atom stereocenters. The molecule has 0 aliphatic rings. The second-order valence-electron chi connectivity index (χ2n) is 7.27. The van der Waals surface area contributed by atoms with Crippen LogP contribution < -0.4 is 5.56 Å². The monoisotopic (exact) mass is 424 g/mol. The number of para-hydroxylation sites is 1. The second kappa shape index (κ2) is 8.24. The van der Waals surface area contributed by atoms with Crippen LogP contribution >= 0.6 is 11.8 Å². The number of aryl methyl sites for hydroxylation is 1. The Morgan fingerprint density at radius 1 is 0.935 bits per heavy atom. The lowest BCUT2D eigenvalue weighted by Gasteiger charge is -2.12. The van der Waals surface area contributed by atoms with E-state index in [9.17, 15) is 4.79 Å². The van der Waals surface area contributed by atoms with Crippen LogP contribution in [0.25, 0.3) is 22.6 Å². The van der Waals surface area contributed by atoms with Gasteiger partial charge in [0.05, 0.1) is 17.6 Å². The Morgan fingerprint density at radius 2 is 1.71 bits per heavy atom. The molecule has 0 amide bonds. The molecule has 0 N–H and O–H groups in total. The van der Waals surface area contributed by atoms with E-state index in [1.165, 1.54) is 5.56 Å². The van der Waals surface area contributed by atoms with E-state index < -0.39 is 0 Å². The van der Waals surface area contributed by atoms with Gasteiger partial charge in [0.1, 0.15) is 5.65 Å². The number of nitrogens with zero attached hydrogens (tertiary/aromatic N) is 4. The summed E-state index contributed by atoms with van der Waals surface area (Å²) in [6.07, 6.45) is 3.64. The second-order valence-corrected chi connectivity index (χ2v) is 8.21. The number of aromatic nitrogens is 4. The third kappa shape index (κ3) is 3.90. The van der Waals surface area contributed by atoms with E-state index in [4.69, 9.17) is 4.98 Å². The van der Waals surface area contributed by atoms with E-state index in [0.29, 0.717) is 11.4 Å². The van der Waals surface area contributed by atoms with Crippen molar-refractivity contribution in [2.45, 2.75) is 17.8 Å². The maximum Gasteiger partial charge on any atom is 0.258 e. The van der Waals surface area contributed by atoms with Crippen molar-refractivity contribution in [1.82, 2.24) is 18.9 Å². The maximum atomic E-state index is 12.4. The van der Waals surface area contributed by atoms with Gasteiger partial charge in [-0.25, -0.2) is 9.97 Å². The van der Waals surface area contributed by atoms with Crippen LogP contribution in [0.2, 0.25) is 0 Å². The van der Waals surface area contributed by atoms with Crippen LogP contribution in [0, 0.1) is 6.92 Å². The molecule has 31 heavy (non-hydrogen) atoms. The molecule has 0 bridgehead atoms. The minimum absolute atomic E-state index is 0.0760. The zero-order valence-electron chi connectivity index (χ0n) is 17.0. The molecule has 0 fully saturated rings. The number of pyridine rings is 1. The highest BCUT2D eigenvalue weighted by molar-refractivity contribution is 7.98. The van der Waals surface area contributed by atoms with Gasteiger partial charge < -0.3 is 0 Å². The molecule has 0 saturated heterocycles. The molecule has 0 saturated carbocycles. The SMILES string of the molecule is Cc1ccc(-c2cnc(SCc3cc(=O)n4ccccc4n3)n2-c2ccccc2)cc1. The van der Waals surface area contributed by atoms with Gasteiger partial charge in [0.25, 0.3) is 5.56 Å². The van der Waals surface area contributed by atoms with Crippen LogP contribution in [-0.4, -0.2) is 18.9 Å². The van der Waals surface area contributed by atoms with E-state index in [2.05, 4.69) is 52.9 Å². The molecular formula is C25H20N4OS. The average Bonchev–Trinajstić information content (AvgIpc) is 3.23. The first-order valence-corrected chi connectivity index (χ1v) is 11.0. The van der Waals surface area contributed by atoms with E-state index in [-0.39, 0.29) is 5.56 Å². The highest BCUT2D eigenvalue weighted by Crippen LogP contribution is 2.31. The van der Waals surface area contributed by atoms with Crippen molar-refractivity contribution in [3.05, 3.63) is 113 Å². The molecule has 0 radical (unpaired) electrons. The van der Waals surface area contributed by atoms with Crippen LogP contribution in [0.5, 0.6) is 0 Å². The van der Waals surface area contributed by atoms with Crippen LogP contribution in [0.3, 0.4) is 0 Å². The third-order valence-corrected chi connectivity index (χ3v) is 6.05. The summed E-state index contributed by atoms with van der Waals surface area (Å²) in [4.78, 5) is 21.7. The first-order valence-electron chi connectivity index (χ1n) is 9.99. The molecule has 3 heterocycles. The highest BCUT2D eigenvalue weighted by atomic mass is 32.2. The maximum absolute atomic E-state index is 12.4. The molecule has 0 unspecified atom stereocenters. The van der Waals surface area contributed by atoms with E-state index in [1.807, 2.05) is 42.6 Å².